The van der Waals surface area contributed by atoms with Crippen LogP contribution >= 0.6 is 0 Å². The molecule has 0 aliphatic rings. The predicted molar refractivity (Wildman–Crippen MR) is 196 cm³/mol. The number of rotatable bonds is 6. The van der Waals surface area contributed by atoms with E-state index in [9.17, 15) is 0 Å². The average molecular weight is 825 g/mol. The number of nitrogens with zero attached hydrogens (tertiary/aromatic N) is 4. The fourth-order valence-electron chi connectivity index (χ4n) is 5.83. The van der Waals surface area contributed by atoms with Gasteiger partial charge >= 0.3 is 0 Å². The Balaban J connectivity index is 0.000000224. The first kappa shape index (κ1) is 35.0. The Labute approximate surface area is 298 Å². The summed E-state index contributed by atoms with van der Waals surface area (Å²) in [6, 6.07) is 37.3. The summed E-state index contributed by atoms with van der Waals surface area (Å²) in [5, 5.41) is 3.37. The number of furan rings is 1. The van der Waals surface area contributed by atoms with Gasteiger partial charge in [0.1, 0.15) is 26.3 Å². The van der Waals surface area contributed by atoms with Crippen molar-refractivity contribution in [2.45, 2.75) is 59.2 Å². The smallest absolute Gasteiger partial charge is 0.120 e. The summed E-state index contributed by atoms with van der Waals surface area (Å²) in [6.07, 6.45) is 3.31. The molecule has 1 radical (unpaired) electrons. The van der Waals surface area contributed by atoms with Gasteiger partial charge in [-0.3, -0.25) is 9.97 Å². The Morgan fingerprint density at radius 3 is 1.98 bits per heavy atom. The molecule has 0 N–H and O–H groups in total. The van der Waals surface area contributed by atoms with Gasteiger partial charge in [-0.15, -0.1) is 54.1 Å². The maximum Gasteiger partial charge on any atom is 0.120 e. The predicted octanol–water partition coefficient (Wildman–Crippen LogP) is 10.2. The van der Waals surface area contributed by atoms with Crippen molar-refractivity contribution in [1.82, 2.24) is 19.9 Å². The first-order chi connectivity index (χ1) is 22.6. The number of hydrogen-bond acceptors (Lipinski definition) is 5. The third kappa shape index (κ3) is 7.39. The zero-order valence-electron chi connectivity index (χ0n) is 28.5. The van der Waals surface area contributed by atoms with E-state index in [1.165, 1.54) is 22.0 Å². The van der Waals surface area contributed by atoms with Crippen molar-refractivity contribution in [3.05, 3.63) is 127 Å². The minimum Gasteiger partial charge on any atom is -0.501 e. The molecule has 0 bridgehead atoms. The molecular formula is C41H40IrN4OSi-2. The van der Waals surface area contributed by atoms with Gasteiger partial charge in [0.2, 0.25) is 0 Å². The standard InChI is InChI=1S/C28H25N2O.C13H15N2Si.Ir/c1-17(2)19-10-7-11-20(18(3)4)27(19)25-15-24(29-16-30-25)23-13-8-12-22-21-9-5-6-14-26(21)31-28(22)23;1-16(2,3)13-9-12(14-10-15-13)11-7-5-4-6-8-11;/h5-12,14-18H,1-4H3;4-7,9-10H,1-3H3;/q2*-1;. The van der Waals surface area contributed by atoms with Gasteiger partial charge in [0, 0.05) is 36.4 Å². The van der Waals surface area contributed by atoms with Gasteiger partial charge in [0.05, 0.1) is 11.3 Å². The normalized spacial score (nSPS) is 11.4. The maximum absolute atomic E-state index is 6.22. The fraction of sp³-hybridized carbons (Fsp3) is 0.220. The Hall–Kier alpha value is -4.29. The Morgan fingerprint density at radius 2 is 1.29 bits per heavy atom. The number of hydrogen-bond donors (Lipinski definition) is 0. The molecule has 0 aliphatic carbocycles. The minimum atomic E-state index is -1.36. The van der Waals surface area contributed by atoms with Crippen LogP contribution in [0.1, 0.15) is 50.7 Å². The van der Waals surface area contributed by atoms with Crippen LogP contribution in [-0.2, 0) is 20.1 Å². The third-order valence-corrected chi connectivity index (χ3v) is 10.1. The molecule has 48 heavy (non-hydrogen) atoms. The van der Waals surface area contributed by atoms with Crippen molar-refractivity contribution in [2.24, 2.45) is 0 Å². The van der Waals surface area contributed by atoms with Gasteiger partial charge in [-0.1, -0.05) is 107 Å². The second kappa shape index (κ2) is 14.9. The van der Waals surface area contributed by atoms with Gasteiger partial charge in [-0.2, -0.15) is 0 Å². The van der Waals surface area contributed by atoms with E-state index in [-0.39, 0.29) is 20.1 Å². The first-order valence-electron chi connectivity index (χ1n) is 16.2. The van der Waals surface area contributed by atoms with Gasteiger partial charge < -0.3 is 4.42 Å². The van der Waals surface area contributed by atoms with Crippen LogP contribution in [-0.4, -0.2) is 28.0 Å². The Morgan fingerprint density at radius 1 is 0.625 bits per heavy atom. The van der Waals surface area contributed by atoms with Gasteiger partial charge in [0.25, 0.3) is 0 Å². The largest absolute Gasteiger partial charge is 0.501 e. The van der Waals surface area contributed by atoms with E-state index in [0.29, 0.717) is 11.8 Å². The summed E-state index contributed by atoms with van der Waals surface area (Å²) >= 11 is 0. The molecule has 0 aliphatic heterocycles. The molecule has 0 unspecified atom stereocenters. The van der Waals surface area contributed by atoms with E-state index in [4.69, 9.17) is 4.42 Å². The molecule has 7 heteroatoms. The topological polar surface area (TPSA) is 64.7 Å². The van der Waals surface area contributed by atoms with E-state index in [1.54, 1.807) is 12.7 Å². The van der Waals surface area contributed by atoms with Crippen LogP contribution < -0.4 is 5.32 Å². The number of benzene rings is 4. The van der Waals surface area contributed by atoms with E-state index < -0.39 is 8.07 Å². The molecule has 3 aromatic heterocycles. The molecule has 4 aromatic carbocycles. The SMILES string of the molecule is CC(C)c1cccc(C(C)C)c1-c1cc(-c2[c-]ccc3c2oc2ccccc23)ncn1.C[Si](C)(C)c1cc(-c2[c-]cccc2)ncn1.[Ir]. The second-order valence-electron chi connectivity index (χ2n) is 13.4. The van der Waals surface area contributed by atoms with E-state index in [0.717, 1.165) is 50.1 Å². The molecule has 245 valence electrons. The molecule has 0 spiro atoms. The Kier molecular flexibility index (Phi) is 10.8. The molecule has 3 heterocycles. The molecule has 0 saturated carbocycles. The Bertz CT molecular complexity index is 2130. The van der Waals surface area contributed by atoms with Crippen LogP contribution in [0, 0.1) is 12.1 Å². The monoisotopic (exact) mass is 825 g/mol. The van der Waals surface area contributed by atoms with Gasteiger partial charge in [0.15, 0.2) is 0 Å². The first-order valence-corrected chi connectivity index (χ1v) is 19.7. The molecule has 0 atom stereocenters. The molecule has 7 rings (SSSR count). The second-order valence-corrected chi connectivity index (χ2v) is 18.4. The fourth-order valence-corrected chi connectivity index (χ4v) is 6.84. The van der Waals surface area contributed by atoms with Crippen molar-refractivity contribution in [3.63, 3.8) is 0 Å². The van der Waals surface area contributed by atoms with Crippen LogP contribution in [0.25, 0.3) is 55.7 Å². The van der Waals surface area contributed by atoms with E-state index in [2.05, 4.69) is 122 Å². The molecule has 0 saturated heterocycles. The van der Waals surface area contributed by atoms with Crippen molar-refractivity contribution >= 4 is 35.3 Å². The number of aromatic nitrogens is 4. The van der Waals surface area contributed by atoms with E-state index in [1.807, 2.05) is 48.5 Å². The van der Waals surface area contributed by atoms with Crippen LogP contribution in [0.4, 0.5) is 0 Å². The van der Waals surface area contributed by atoms with Crippen LogP contribution in [0.15, 0.2) is 108 Å². The number of para-hydroxylation sites is 1. The molecule has 0 amide bonds. The van der Waals surface area contributed by atoms with Crippen molar-refractivity contribution in [2.75, 3.05) is 0 Å². The minimum absolute atomic E-state index is 0. The molecule has 7 aromatic rings. The van der Waals surface area contributed by atoms with Gasteiger partial charge in [-0.25, -0.2) is 9.97 Å². The molecule has 5 nitrogen and oxygen atoms in total. The average Bonchev–Trinajstić information content (AvgIpc) is 3.47. The summed E-state index contributed by atoms with van der Waals surface area (Å²) in [7, 11) is -1.36. The summed E-state index contributed by atoms with van der Waals surface area (Å²) in [4.78, 5) is 18.0. The van der Waals surface area contributed by atoms with Crippen molar-refractivity contribution < 1.29 is 24.5 Å². The summed E-state index contributed by atoms with van der Waals surface area (Å²) in [5.41, 5.74) is 10.1. The van der Waals surface area contributed by atoms with Crippen LogP contribution in [0.5, 0.6) is 0 Å². The molecular weight excluding hydrogens is 785 g/mol. The van der Waals surface area contributed by atoms with Gasteiger partial charge in [-0.05, 0) is 40.4 Å². The van der Waals surface area contributed by atoms with Crippen LogP contribution in [0.2, 0.25) is 19.6 Å². The zero-order valence-corrected chi connectivity index (χ0v) is 31.9. The molecule has 0 fully saturated rings. The van der Waals surface area contributed by atoms with E-state index >= 15 is 0 Å². The summed E-state index contributed by atoms with van der Waals surface area (Å²) in [5.74, 6) is 0.801. The van der Waals surface area contributed by atoms with Crippen LogP contribution in [0.3, 0.4) is 0 Å². The maximum atomic E-state index is 6.22. The number of fused-ring (bicyclic) bond motifs is 3. The summed E-state index contributed by atoms with van der Waals surface area (Å²) < 4.78 is 6.22. The van der Waals surface area contributed by atoms with Crippen molar-refractivity contribution in [3.8, 4) is 33.8 Å². The van der Waals surface area contributed by atoms with Crippen molar-refractivity contribution in [1.29, 1.82) is 0 Å². The quantitative estimate of drug-likeness (QED) is 0.123. The summed E-state index contributed by atoms with van der Waals surface area (Å²) in [6.45, 7) is 15.8. The zero-order chi connectivity index (χ0) is 33.1. The third-order valence-electron chi connectivity index (χ3n) is 8.31.